The van der Waals surface area contributed by atoms with Crippen molar-refractivity contribution in [2.24, 2.45) is 0 Å². The second-order valence-corrected chi connectivity index (χ2v) is 7.46. The molecule has 0 saturated heterocycles. The predicted molar refractivity (Wildman–Crippen MR) is 130 cm³/mol. The lowest BCUT2D eigenvalue weighted by atomic mass is 9.93. The lowest BCUT2D eigenvalue weighted by Crippen LogP contribution is -2.23. The summed E-state index contributed by atoms with van der Waals surface area (Å²) < 4.78 is 10.5. The Balaban J connectivity index is 2.11. The second kappa shape index (κ2) is 10.1. The molecule has 0 atom stereocenters. The van der Waals surface area contributed by atoms with Gasteiger partial charge < -0.3 is 14.4 Å². The van der Waals surface area contributed by atoms with Crippen LogP contribution in [0.3, 0.4) is 0 Å². The highest BCUT2D eigenvalue weighted by Crippen LogP contribution is 2.36. The number of benzene rings is 2. The van der Waals surface area contributed by atoms with E-state index in [1.807, 2.05) is 53.4 Å². The normalized spacial score (nSPS) is 14.4. The molecule has 0 aromatic heterocycles. The number of ketones is 2. The number of Topliss-reactive ketones (excluding diaryl/α,β-unsaturated/α-hetero) is 2. The van der Waals surface area contributed by atoms with E-state index < -0.39 is 11.6 Å². The molecule has 0 aliphatic heterocycles. The molecule has 0 heterocycles. The molecular formula is C26H22BrNO4. The third kappa shape index (κ3) is 4.22. The lowest BCUT2D eigenvalue weighted by Gasteiger charge is -2.26. The molecule has 0 spiro atoms. The van der Waals surface area contributed by atoms with Gasteiger partial charge in [-0.15, -0.1) is 0 Å². The van der Waals surface area contributed by atoms with Gasteiger partial charge in [0.25, 0.3) is 0 Å². The number of nitrogens with zero attached hydrogens (tertiary/aromatic N) is 1. The van der Waals surface area contributed by atoms with E-state index in [0.29, 0.717) is 5.56 Å². The number of carbonyl (C=O) groups is 2. The maximum Gasteiger partial charge on any atom is 0.239 e. The average Bonchev–Trinajstić information content (AvgIpc) is 2.82. The van der Waals surface area contributed by atoms with E-state index in [1.165, 1.54) is 14.2 Å². The third-order valence-electron chi connectivity index (χ3n) is 4.86. The summed E-state index contributed by atoms with van der Waals surface area (Å²) >= 11 is 3.14. The Morgan fingerprint density at radius 2 is 1.47 bits per heavy atom. The van der Waals surface area contributed by atoms with Gasteiger partial charge in [-0.3, -0.25) is 9.59 Å². The number of halogens is 1. The van der Waals surface area contributed by atoms with Gasteiger partial charge >= 0.3 is 0 Å². The standard InChI is InChI=1S/C26H22BrNO4/c1-5-10-18(6-2)28(19-11-8-7-9-12-19)20-15-13-17(14-16-20)21-23(29)26(32-4)22(27)24(30)25(21)31-3/h5-16H,1-2H2,3-4H3/b18-10+. The highest BCUT2D eigenvalue weighted by molar-refractivity contribution is 9.12. The van der Waals surface area contributed by atoms with Crippen molar-refractivity contribution in [2.45, 2.75) is 0 Å². The first kappa shape index (κ1) is 23.0. The van der Waals surface area contributed by atoms with E-state index in [9.17, 15) is 9.59 Å². The number of hydrogen-bond donors (Lipinski definition) is 0. The number of allylic oxidation sites excluding steroid dienone is 5. The van der Waals surface area contributed by atoms with Crippen molar-refractivity contribution in [3.8, 4) is 0 Å². The topological polar surface area (TPSA) is 55.8 Å². The van der Waals surface area contributed by atoms with Gasteiger partial charge in [-0.05, 0) is 57.9 Å². The molecule has 0 radical (unpaired) electrons. The minimum Gasteiger partial charge on any atom is -0.492 e. The Bertz CT molecular complexity index is 1160. The molecule has 0 fully saturated rings. The molecule has 0 unspecified atom stereocenters. The summed E-state index contributed by atoms with van der Waals surface area (Å²) in [5, 5.41) is 0. The summed E-state index contributed by atoms with van der Waals surface area (Å²) in [5.41, 5.74) is 3.29. The summed E-state index contributed by atoms with van der Waals surface area (Å²) in [7, 11) is 2.71. The van der Waals surface area contributed by atoms with Crippen molar-refractivity contribution in [1.82, 2.24) is 0 Å². The third-order valence-corrected chi connectivity index (χ3v) is 5.58. The molecule has 1 aliphatic carbocycles. The number of anilines is 2. The van der Waals surface area contributed by atoms with E-state index in [4.69, 9.17) is 9.47 Å². The number of para-hydroxylation sites is 1. The van der Waals surface area contributed by atoms with Crippen LogP contribution in [0.4, 0.5) is 11.4 Å². The molecule has 0 saturated carbocycles. The zero-order valence-corrected chi connectivity index (χ0v) is 19.4. The van der Waals surface area contributed by atoms with E-state index in [-0.39, 0.29) is 21.6 Å². The Morgan fingerprint density at radius 3 is 2.00 bits per heavy atom. The van der Waals surface area contributed by atoms with Crippen LogP contribution in [0.15, 0.2) is 108 Å². The quantitative estimate of drug-likeness (QED) is 0.342. The molecule has 2 aromatic rings. The highest BCUT2D eigenvalue weighted by Gasteiger charge is 2.36. The van der Waals surface area contributed by atoms with E-state index in [1.54, 1.807) is 24.3 Å². The molecule has 0 amide bonds. The number of carbonyl (C=O) groups excluding carboxylic acids is 2. The number of ether oxygens (including phenoxy) is 2. The molecule has 32 heavy (non-hydrogen) atoms. The van der Waals surface area contributed by atoms with Crippen LogP contribution in [0.25, 0.3) is 5.57 Å². The fourth-order valence-electron chi connectivity index (χ4n) is 3.43. The minimum absolute atomic E-state index is 0.0336. The Morgan fingerprint density at radius 1 is 0.875 bits per heavy atom. The minimum atomic E-state index is -0.447. The fourth-order valence-corrected chi connectivity index (χ4v) is 3.95. The van der Waals surface area contributed by atoms with Crippen molar-refractivity contribution in [1.29, 1.82) is 0 Å². The number of methoxy groups -OCH3 is 2. The van der Waals surface area contributed by atoms with Gasteiger partial charge in [0.1, 0.15) is 4.48 Å². The molecule has 3 rings (SSSR count). The molecular weight excluding hydrogens is 470 g/mol. The summed E-state index contributed by atoms with van der Waals surface area (Å²) in [6, 6.07) is 17.1. The van der Waals surface area contributed by atoms with Crippen molar-refractivity contribution < 1.29 is 19.1 Å². The van der Waals surface area contributed by atoms with Crippen LogP contribution in [-0.2, 0) is 19.1 Å². The van der Waals surface area contributed by atoms with Crippen LogP contribution in [0.5, 0.6) is 0 Å². The number of rotatable bonds is 8. The first-order valence-corrected chi connectivity index (χ1v) is 10.5. The Labute approximate surface area is 195 Å². The van der Waals surface area contributed by atoms with Crippen LogP contribution in [-0.4, -0.2) is 25.8 Å². The Hall–Kier alpha value is -3.64. The maximum absolute atomic E-state index is 13.0. The van der Waals surface area contributed by atoms with Gasteiger partial charge in [0.05, 0.1) is 19.8 Å². The SMILES string of the molecule is C=C/C=C(\C=C)N(c1ccccc1)c1ccc(C2=C(OC)C(=O)C(Br)=C(OC)C2=O)cc1. The summed E-state index contributed by atoms with van der Waals surface area (Å²) in [4.78, 5) is 27.7. The van der Waals surface area contributed by atoms with Crippen molar-refractivity contribution in [3.63, 3.8) is 0 Å². The molecule has 5 nitrogen and oxygen atoms in total. The first-order chi connectivity index (χ1) is 15.5. The fraction of sp³-hybridized carbons (Fsp3) is 0.0769. The number of hydrogen-bond acceptors (Lipinski definition) is 5. The average molecular weight is 492 g/mol. The molecule has 162 valence electrons. The summed E-state index contributed by atoms with van der Waals surface area (Å²) in [6.07, 6.45) is 5.29. The molecule has 6 heteroatoms. The zero-order valence-electron chi connectivity index (χ0n) is 17.8. The molecule has 0 N–H and O–H groups in total. The van der Waals surface area contributed by atoms with E-state index in [0.717, 1.165) is 17.1 Å². The van der Waals surface area contributed by atoms with Crippen LogP contribution >= 0.6 is 15.9 Å². The van der Waals surface area contributed by atoms with Gasteiger partial charge in [-0.1, -0.05) is 49.6 Å². The Kier molecular flexibility index (Phi) is 7.28. The van der Waals surface area contributed by atoms with Gasteiger partial charge in [0.15, 0.2) is 11.5 Å². The monoisotopic (exact) mass is 491 g/mol. The van der Waals surface area contributed by atoms with Gasteiger partial charge in [-0.25, -0.2) is 0 Å². The summed E-state index contributed by atoms with van der Waals surface area (Å²) in [5.74, 6) is -0.962. The molecule has 2 aromatic carbocycles. The van der Waals surface area contributed by atoms with Crippen LogP contribution in [0.1, 0.15) is 5.56 Å². The molecule has 0 bridgehead atoms. The van der Waals surface area contributed by atoms with Crippen molar-refractivity contribution in [2.75, 3.05) is 19.1 Å². The van der Waals surface area contributed by atoms with Gasteiger partial charge in [-0.2, -0.15) is 0 Å². The van der Waals surface area contributed by atoms with Gasteiger partial charge in [0.2, 0.25) is 11.6 Å². The molecule has 1 aliphatic rings. The van der Waals surface area contributed by atoms with Gasteiger partial charge in [0, 0.05) is 17.1 Å². The van der Waals surface area contributed by atoms with E-state index in [2.05, 4.69) is 29.1 Å². The van der Waals surface area contributed by atoms with Crippen molar-refractivity contribution in [3.05, 3.63) is 113 Å². The van der Waals surface area contributed by atoms with Crippen LogP contribution in [0.2, 0.25) is 0 Å². The maximum atomic E-state index is 13.0. The van der Waals surface area contributed by atoms with Crippen molar-refractivity contribution >= 4 is 44.4 Å². The second-order valence-electron chi connectivity index (χ2n) is 6.66. The van der Waals surface area contributed by atoms with Crippen LogP contribution < -0.4 is 4.90 Å². The lowest BCUT2D eigenvalue weighted by molar-refractivity contribution is -0.118. The van der Waals surface area contributed by atoms with Crippen LogP contribution in [0, 0.1) is 0 Å². The highest BCUT2D eigenvalue weighted by atomic mass is 79.9. The summed E-state index contributed by atoms with van der Waals surface area (Å²) in [6.45, 7) is 7.71. The smallest absolute Gasteiger partial charge is 0.239 e. The van der Waals surface area contributed by atoms with E-state index >= 15 is 0 Å². The largest absolute Gasteiger partial charge is 0.492 e. The first-order valence-electron chi connectivity index (χ1n) is 9.70. The zero-order chi connectivity index (χ0) is 23.3. The predicted octanol–water partition coefficient (Wildman–Crippen LogP) is 5.84.